The molecule has 3 aromatic rings. The number of amides is 1. The van der Waals surface area contributed by atoms with Crippen molar-refractivity contribution in [1.82, 2.24) is 4.98 Å². The molecule has 26 heavy (non-hydrogen) atoms. The van der Waals surface area contributed by atoms with E-state index >= 15 is 0 Å². The largest absolute Gasteiger partial charge is 0.506 e. The molecule has 1 aliphatic carbocycles. The number of thiophene rings is 1. The van der Waals surface area contributed by atoms with Crippen molar-refractivity contribution in [3.63, 3.8) is 0 Å². The third-order valence-corrected chi connectivity index (χ3v) is 6.10. The fraction of sp³-hybridized carbons (Fsp3) is 0.263. The quantitative estimate of drug-likeness (QED) is 0.566. The third kappa shape index (κ3) is 2.99. The number of benzene rings is 1. The lowest BCUT2D eigenvalue weighted by Gasteiger charge is -2.08. The highest BCUT2D eigenvalue weighted by atomic mass is 35.5. The smallest absolute Gasteiger partial charge is 0.265 e. The lowest BCUT2D eigenvalue weighted by atomic mass is 10.0. The van der Waals surface area contributed by atoms with Crippen molar-refractivity contribution in [2.75, 3.05) is 5.32 Å². The van der Waals surface area contributed by atoms with Crippen molar-refractivity contribution in [2.24, 2.45) is 0 Å². The number of carbonyl (C=O) groups excluding carboxylic acids is 1. The van der Waals surface area contributed by atoms with Crippen LogP contribution in [0.2, 0.25) is 5.02 Å². The van der Waals surface area contributed by atoms with E-state index in [1.807, 2.05) is 0 Å². The lowest BCUT2D eigenvalue weighted by Crippen LogP contribution is -2.23. The Kier molecular flexibility index (Phi) is 4.46. The van der Waals surface area contributed by atoms with E-state index in [4.69, 9.17) is 11.6 Å². The average Bonchev–Trinajstić information content (AvgIpc) is 2.76. The van der Waals surface area contributed by atoms with Gasteiger partial charge >= 0.3 is 0 Å². The Labute approximate surface area is 158 Å². The zero-order valence-corrected chi connectivity index (χ0v) is 15.5. The Morgan fingerprint density at radius 1 is 1.23 bits per heavy atom. The minimum absolute atomic E-state index is 0.234. The maximum Gasteiger partial charge on any atom is 0.265 e. The highest BCUT2D eigenvalue weighted by molar-refractivity contribution is 7.18. The van der Waals surface area contributed by atoms with Gasteiger partial charge in [-0.25, -0.2) is 0 Å². The number of H-pyrrole nitrogens is 1. The van der Waals surface area contributed by atoms with E-state index in [9.17, 15) is 14.7 Å². The molecule has 2 aromatic heterocycles. The Hall–Kier alpha value is -2.31. The zero-order valence-electron chi connectivity index (χ0n) is 13.9. The molecule has 0 saturated heterocycles. The average molecular weight is 389 g/mol. The molecule has 0 fully saturated rings. The van der Waals surface area contributed by atoms with Crippen LogP contribution in [0.25, 0.3) is 10.2 Å². The Bertz CT molecular complexity index is 1070. The second kappa shape index (κ2) is 6.78. The Morgan fingerprint density at radius 2 is 2.04 bits per heavy atom. The number of hydrogen-bond acceptors (Lipinski definition) is 4. The molecule has 7 heteroatoms. The Morgan fingerprint density at radius 3 is 2.85 bits per heavy atom. The number of aromatic hydroxyl groups is 1. The van der Waals surface area contributed by atoms with Gasteiger partial charge in [0.1, 0.15) is 16.1 Å². The van der Waals surface area contributed by atoms with Crippen LogP contribution in [-0.2, 0) is 12.8 Å². The Balaban J connectivity index is 1.81. The molecule has 0 unspecified atom stereocenters. The van der Waals surface area contributed by atoms with Gasteiger partial charge in [-0.3, -0.25) is 9.59 Å². The maximum atomic E-state index is 12.6. The molecule has 5 nitrogen and oxygen atoms in total. The van der Waals surface area contributed by atoms with Crippen molar-refractivity contribution in [2.45, 2.75) is 32.1 Å². The van der Waals surface area contributed by atoms with Crippen molar-refractivity contribution >= 4 is 44.7 Å². The molecular weight excluding hydrogens is 372 g/mol. The number of aryl methyl sites for hydroxylation is 2. The fourth-order valence-corrected chi connectivity index (χ4v) is 4.93. The summed E-state index contributed by atoms with van der Waals surface area (Å²) in [6, 6.07) is 6.64. The first-order chi connectivity index (χ1) is 12.5. The minimum Gasteiger partial charge on any atom is -0.506 e. The lowest BCUT2D eigenvalue weighted by molar-refractivity contribution is 0.102. The van der Waals surface area contributed by atoms with Crippen molar-refractivity contribution < 1.29 is 9.90 Å². The number of rotatable bonds is 2. The van der Waals surface area contributed by atoms with E-state index < -0.39 is 11.5 Å². The SMILES string of the molecule is O=C(Nc1cccc(Cl)c1)c1c(O)c2c3c(sc2[nH]c1=O)CCCCC3. The third-order valence-electron chi connectivity index (χ3n) is 4.66. The molecule has 1 aliphatic rings. The number of aromatic nitrogens is 1. The van der Waals surface area contributed by atoms with Gasteiger partial charge in [-0.05, 0) is 49.4 Å². The normalized spacial score (nSPS) is 14.0. The summed E-state index contributed by atoms with van der Waals surface area (Å²) in [5.74, 6) is -0.885. The number of carbonyl (C=O) groups is 1. The predicted octanol–water partition coefficient (Wildman–Crippen LogP) is 4.47. The number of fused-ring (bicyclic) bond motifs is 3. The summed E-state index contributed by atoms with van der Waals surface area (Å²) < 4.78 is 0. The first kappa shape index (κ1) is 17.1. The van der Waals surface area contributed by atoms with Gasteiger partial charge in [-0.1, -0.05) is 24.1 Å². The van der Waals surface area contributed by atoms with Gasteiger partial charge in [0.2, 0.25) is 0 Å². The summed E-state index contributed by atoms with van der Waals surface area (Å²) in [4.78, 5) is 29.7. The summed E-state index contributed by atoms with van der Waals surface area (Å²) in [5.41, 5.74) is 0.673. The minimum atomic E-state index is -0.651. The number of aromatic amines is 1. The molecule has 0 radical (unpaired) electrons. The topological polar surface area (TPSA) is 82.2 Å². The zero-order chi connectivity index (χ0) is 18.3. The van der Waals surface area contributed by atoms with Crippen LogP contribution in [0, 0.1) is 0 Å². The fourth-order valence-electron chi connectivity index (χ4n) is 3.45. The van der Waals surface area contributed by atoms with E-state index in [-0.39, 0.29) is 11.3 Å². The van der Waals surface area contributed by atoms with E-state index in [0.29, 0.717) is 20.9 Å². The highest BCUT2D eigenvalue weighted by Crippen LogP contribution is 2.39. The van der Waals surface area contributed by atoms with E-state index in [1.54, 1.807) is 24.3 Å². The molecular formula is C19H17ClN2O3S. The summed E-state index contributed by atoms with van der Waals surface area (Å²) in [5, 5.41) is 14.5. The first-order valence-corrected chi connectivity index (χ1v) is 9.70. The van der Waals surface area contributed by atoms with Crippen molar-refractivity contribution in [3.8, 4) is 5.75 Å². The van der Waals surface area contributed by atoms with Gasteiger partial charge in [0.25, 0.3) is 11.5 Å². The van der Waals surface area contributed by atoms with Crippen LogP contribution < -0.4 is 10.9 Å². The molecule has 0 spiro atoms. The van der Waals surface area contributed by atoms with Crippen LogP contribution in [0.1, 0.15) is 40.1 Å². The summed E-state index contributed by atoms with van der Waals surface area (Å²) in [7, 11) is 0. The molecule has 134 valence electrons. The summed E-state index contributed by atoms with van der Waals surface area (Å²) in [6.07, 6.45) is 5.09. The van der Waals surface area contributed by atoms with Crippen LogP contribution >= 0.6 is 22.9 Å². The van der Waals surface area contributed by atoms with E-state index in [1.165, 1.54) is 16.2 Å². The number of pyridine rings is 1. The van der Waals surface area contributed by atoms with Crippen LogP contribution in [0.4, 0.5) is 5.69 Å². The molecule has 0 saturated carbocycles. The molecule has 3 N–H and O–H groups in total. The van der Waals surface area contributed by atoms with Crippen LogP contribution in [0.15, 0.2) is 29.1 Å². The van der Waals surface area contributed by atoms with Gasteiger partial charge in [-0.2, -0.15) is 0 Å². The molecule has 4 rings (SSSR count). The maximum absolute atomic E-state index is 12.6. The summed E-state index contributed by atoms with van der Waals surface area (Å²) in [6.45, 7) is 0. The highest BCUT2D eigenvalue weighted by Gasteiger charge is 2.25. The van der Waals surface area contributed by atoms with Crippen molar-refractivity contribution in [3.05, 3.63) is 55.6 Å². The molecule has 0 atom stereocenters. The molecule has 2 heterocycles. The molecule has 0 aliphatic heterocycles. The van der Waals surface area contributed by atoms with Crippen LogP contribution in [-0.4, -0.2) is 16.0 Å². The number of anilines is 1. The van der Waals surface area contributed by atoms with Gasteiger partial charge in [0.15, 0.2) is 0 Å². The second-order valence-corrected chi connectivity index (χ2v) is 7.95. The summed E-state index contributed by atoms with van der Waals surface area (Å²) >= 11 is 7.43. The van der Waals surface area contributed by atoms with E-state index in [2.05, 4.69) is 10.3 Å². The first-order valence-electron chi connectivity index (χ1n) is 8.51. The van der Waals surface area contributed by atoms with Gasteiger partial charge < -0.3 is 15.4 Å². The molecule has 1 amide bonds. The van der Waals surface area contributed by atoms with E-state index in [0.717, 1.165) is 37.7 Å². The standard InChI is InChI=1S/C19H17ClN2O3S/c20-10-5-4-6-11(9-10)21-17(24)15-16(23)14-12-7-2-1-3-8-13(12)26-19(14)22-18(15)25/h4-6,9H,1-3,7-8H2,(H,21,24)(H2,22,23,25). The van der Waals surface area contributed by atoms with Gasteiger partial charge in [0.05, 0.1) is 5.39 Å². The second-order valence-electron chi connectivity index (χ2n) is 6.41. The molecule has 0 bridgehead atoms. The van der Waals surface area contributed by atoms with Crippen LogP contribution in [0.5, 0.6) is 5.75 Å². The van der Waals surface area contributed by atoms with Gasteiger partial charge in [0, 0.05) is 15.6 Å². The predicted molar refractivity (Wildman–Crippen MR) is 105 cm³/mol. The monoisotopic (exact) mass is 388 g/mol. The number of nitrogens with one attached hydrogen (secondary N) is 2. The number of hydrogen-bond donors (Lipinski definition) is 3. The molecule has 1 aromatic carbocycles. The van der Waals surface area contributed by atoms with Gasteiger partial charge in [-0.15, -0.1) is 11.3 Å². The van der Waals surface area contributed by atoms with Crippen LogP contribution in [0.3, 0.4) is 0 Å². The van der Waals surface area contributed by atoms with Crippen molar-refractivity contribution in [1.29, 1.82) is 0 Å². The number of halogens is 1.